The minimum absolute atomic E-state index is 0.207. The van der Waals surface area contributed by atoms with Crippen LogP contribution in [-0.4, -0.2) is 599 Å². The van der Waals surface area contributed by atoms with Crippen molar-refractivity contribution >= 4 is 36.6 Å². The zero-order valence-electron chi connectivity index (χ0n) is 79.4. The van der Waals surface area contributed by atoms with Crippen molar-refractivity contribution in [1.29, 1.82) is 0 Å². The summed E-state index contributed by atoms with van der Waals surface area (Å²) >= 11 is 0. The van der Waals surface area contributed by atoms with Crippen molar-refractivity contribution < 1.29 is 291 Å². The Hall–Kier alpha value is -5.22. The smallest absolute Gasteiger partial charge is 0.332 e. The molecule has 4 amide bonds. The second kappa shape index (κ2) is 52.8. The molecule has 0 aromatic rings. The highest BCUT2D eigenvalue weighted by Crippen LogP contribution is 2.45. The molecule has 34 N–H and O–H groups in total. The number of hydrogen-bond donors (Lipinski definition) is 34. The van der Waals surface area contributed by atoms with Crippen molar-refractivity contribution in [3.05, 3.63) is 0 Å². The second-order valence-corrected chi connectivity index (χ2v) is 37.4. The summed E-state index contributed by atoms with van der Waals surface area (Å²) in [6.07, 6.45) is -106. The number of nitrogens with one attached hydrogen (secondary N) is 4. The van der Waals surface area contributed by atoms with E-state index in [1.165, 1.54) is 20.8 Å². The summed E-state index contributed by atoms with van der Waals surface area (Å²) in [6.45, 7) is -5.30. The van der Waals surface area contributed by atoms with Crippen molar-refractivity contribution in [2.24, 2.45) is 11.8 Å². The highest BCUT2D eigenvalue weighted by atomic mass is 16.9. The molecule has 0 aromatic carbocycles. The lowest BCUT2D eigenvalue weighted by Crippen LogP contribution is -2.71. The fourth-order valence-corrected chi connectivity index (χ4v) is 19.2. The van der Waals surface area contributed by atoms with Crippen LogP contribution in [0.3, 0.4) is 0 Å². The van der Waals surface area contributed by atoms with E-state index in [2.05, 4.69) is 21.3 Å². The molecule has 63 nitrogen and oxygen atoms in total. The van der Waals surface area contributed by atoms with Crippen LogP contribution in [0.4, 0.5) is 0 Å². The van der Waals surface area contributed by atoms with Crippen molar-refractivity contribution in [3.63, 3.8) is 0 Å². The van der Waals surface area contributed by atoms with E-state index in [4.69, 9.17) is 109 Å². The molecule has 57 atom stereocenters. The number of aliphatic hydroxyl groups excluding tert-OH is 30. The highest BCUT2D eigenvalue weighted by molar-refractivity contribution is 5.74. The van der Waals surface area contributed by atoms with Crippen LogP contribution < -0.4 is 21.3 Å². The zero-order valence-corrected chi connectivity index (χ0v) is 79.4. The first kappa shape index (κ1) is 121. The van der Waals surface area contributed by atoms with Gasteiger partial charge in [-0.3, -0.25) is 28.8 Å². The molecule has 0 radical (unpaired) electrons. The Kier molecular flexibility index (Phi) is 43.8. The van der Waals surface area contributed by atoms with Crippen LogP contribution in [-0.2, 0) is 138 Å². The molecule has 0 bridgehead atoms. The number of carbonyl (C=O) groups excluding carboxylic acids is 6. The van der Waals surface area contributed by atoms with E-state index in [0.717, 1.165) is 27.7 Å². The number of carbonyl (C=O) groups is 6. The number of amides is 4. The van der Waals surface area contributed by atoms with Crippen LogP contribution >= 0.6 is 0 Å². The first-order valence-electron chi connectivity index (χ1n) is 46.9. The Balaban J connectivity index is 0.896. The third-order valence-corrected chi connectivity index (χ3v) is 27.3. The molecule has 11 aliphatic rings. The van der Waals surface area contributed by atoms with E-state index in [1.54, 1.807) is 0 Å². The van der Waals surface area contributed by atoms with E-state index < -0.39 is 458 Å². The first-order chi connectivity index (χ1) is 69.0. The van der Waals surface area contributed by atoms with Crippen LogP contribution in [0.5, 0.6) is 0 Å². The van der Waals surface area contributed by atoms with Gasteiger partial charge in [-0.15, -0.1) is 0 Å². The van der Waals surface area contributed by atoms with Gasteiger partial charge in [0.05, 0.1) is 122 Å². The molecule has 20 unspecified atom stereocenters. The van der Waals surface area contributed by atoms with E-state index in [1.807, 2.05) is 0 Å². The maximum atomic E-state index is 13.3. The highest BCUT2D eigenvalue weighted by Gasteiger charge is 2.65. The Morgan fingerprint density at radius 3 is 1.03 bits per heavy atom. The number of aliphatic hydroxyl groups is 30. The summed E-state index contributed by atoms with van der Waals surface area (Å²) in [6, 6.07) is -7.40. The van der Waals surface area contributed by atoms with Gasteiger partial charge >= 0.3 is 11.9 Å². The van der Waals surface area contributed by atoms with Crippen molar-refractivity contribution in [3.8, 4) is 0 Å². The number of rotatable bonds is 43. The van der Waals surface area contributed by atoms with E-state index in [9.17, 15) is 182 Å². The molecule has 11 fully saturated rings. The van der Waals surface area contributed by atoms with E-state index in [0.29, 0.717) is 0 Å². The average Bonchev–Trinajstić information content (AvgIpc) is 0.749. The van der Waals surface area contributed by atoms with Crippen molar-refractivity contribution in [1.82, 2.24) is 21.3 Å². The molecule has 146 heavy (non-hydrogen) atoms. The van der Waals surface area contributed by atoms with Crippen LogP contribution in [0.1, 0.15) is 61.3 Å². The molecule has 11 aliphatic heterocycles. The molecular formula is C83H138N4O59. The van der Waals surface area contributed by atoms with Gasteiger partial charge in [-0.25, -0.2) is 0 Å². The molecule has 0 spiro atoms. The van der Waals surface area contributed by atoms with Crippen LogP contribution in [0.2, 0.25) is 0 Å². The fourth-order valence-electron chi connectivity index (χ4n) is 19.2. The summed E-state index contributed by atoms with van der Waals surface area (Å²) in [7, 11) is 0. The maximum absolute atomic E-state index is 13.3. The third-order valence-electron chi connectivity index (χ3n) is 27.3. The van der Waals surface area contributed by atoms with Crippen LogP contribution in [0.25, 0.3) is 0 Å². The van der Waals surface area contributed by atoms with Crippen molar-refractivity contribution in [2.45, 2.75) is 398 Å². The van der Waals surface area contributed by atoms with E-state index >= 15 is 0 Å². The van der Waals surface area contributed by atoms with Gasteiger partial charge in [0.15, 0.2) is 50.3 Å². The zero-order chi connectivity index (χ0) is 108. The second-order valence-electron chi connectivity index (χ2n) is 37.4. The van der Waals surface area contributed by atoms with Crippen LogP contribution in [0.15, 0.2) is 0 Å². The molecule has 0 aliphatic carbocycles. The molecule has 11 heterocycles. The predicted octanol–water partition coefficient (Wildman–Crippen LogP) is -22.3. The molecule has 11 rings (SSSR count). The van der Waals surface area contributed by atoms with Gasteiger partial charge in [0.25, 0.3) is 12.9 Å². The van der Waals surface area contributed by atoms with Crippen molar-refractivity contribution in [2.75, 3.05) is 72.7 Å². The Bertz CT molecular complexity index is 4070. The summed E-state index contributed by atoms with van der Waals surface area (Å²) in [4.78, 5) is 76.3. The van der Waals surface area contributed by atoms with Gasteiger partial charge in [-0.1, -0.05) is 13.8 Å². The van der Waals surface area contributed by atoms with Gasteiger partial charge in [0, 0.05) is 39.5 Å². The first-order valence-corrected chi connectivity index (χ1v) is 46.9. The summed E-state index contributed by atoms with van der Waals surface area (Å²) < 4.78 is 137. The Labute approximate surface area is 828 Å². The third kappa shape index (κ3) is 26.9. The monoisotopic (exact) mass is 2130 g/mol. The average molecular weight is 2140 g/mol. The fraction of sp³-hybridized carbons (Fsp3) is 0.928. The minimum Gasteiger partial charge on any atom is -0.410 e. The van der Waals surface area contributed by atoms with Gasteiger partial charge in [-0.2, -0.15) is 0 Å². The number of ether oxygens (including phenoxy) is 23. The normalized spacial score (nSPS) is 47.5. The minimum atomic E-state index is -2.91. The Morgan fingerprint density at radius 1 is 0.315 bits per heavy atom. The van der Waals surface area contributed by atoms with E-state index in [-0.39, 0.29) is 12.9 Å². The van der Waals surface area contributed by atoms with Gasteiger partial charge < -0.3 is 283 Å². The largest absolute Gasteiger partial charge is 0.410 e. The van der Waals surface area contributed by atoms with Gasteiger partial charge in [0.1, 0.15) is 238 Å². The molecule has 0 saturated carbocycles. The molecule has 844 valence electrons. The lowest BCUT2D eigenvalue weighted by Gasteiger charge is -2.51. The lowest BCUT2D eigenvalue weighted by molar-refractivity contribution is -0.448. The maximum Gasteiger partial charge on any atom is 0.332 e. The number of hydrogen-bond acceptors (Lipinski definition) is 59. The summed E-state index contributed by atoms with van der Waals surface area (Å²) in [5.74, 6) is -11.5. The predicted molar refractivity (Wildman–Crippen MR) is 452 cm³/mol. The quantitative estimate of drug-likeness (QED) is 0.0199. The van der Waals surface area contributed by atoms with Gasteiger partial charge in [-0.05, 0) is 6.92 Å². The summed E-state index contributed by atoms with van der Waals surface area (Å²) in [5, 5.41) is 350. The van der Waals surface area contributed by atoms with Gasteiger partial charge in [0.2, 0.25) is 23.6 Å². The molecule has 11 saturated heterocycles. The molecule has 63 heteroatoms. The van der Waals surface area contributed by atoms with Crippen LogP contribution in [0, 0.1) is 11.8 Å². The SMILES string of the molecule is CC(=O)NC1C(O)[C@H](O[C@@H]2OC(CO)[C@H](O)[C@H](O[C@]3(OC=O)C[C@H](O)[C@@H](C)C([C@H](O)[C@@H](O)CO)O3)C2O)[C@@H](CO)O[C@@H]1OC1[C@H](OCC2O[C@@H](O[C@H]3C(CO)O[C@@H](O[C@H]4C(CO)O[C@@H](C)C(NC(C)=O)[C@H]4O)C(NC(C)=O)[C@H]3O)C(O)[C@@H](O[C@@H]3O[C@H](CO)[C@H](O)C(O)C3O[C@@H]3OC(CO)[C@H](O[C@@H]4OC(CO[C@]5(OC=O)C[C@H](O)[C@@H](C)C([C@H](O)[C@@H](O)CO)O5)[C@H](O)[C@H](O)C4O)[C@H](O)C3NC(C)=O)[C@H]2O)OC(CO)[C@H](O)[C@@H]1O. The molecule has 0 aromatic heterocycles. The lowest BCUT2D eigenvalue weighted by atomic mass is 9.87. The molecular weight excluding hydrogens is 2000 g/mol. The Morgan fingerprint density at radius 2 is 0.616 bits per heavy atom. The standard InChI is InChI=1S/C83H138N4O59/c1-23-30(103)8-82(126-21-97,144-64(23)47(107)32(105)10-88)125-20-42-51(111)58(118)61(121)77(136-42)138-67-38(16-94)134-76(46(56(67)116)87-29(7)102)143-73-60(120)50(110)35(13-91)131-81(73)141-70-53(113)41(135-78(62(70)122)139-68-39(17-95)132-74(44(55(68)115)85-27(5)100)137-66-37(15-93)128-25(3)43(54(66)114)84-26(4)99)19-124-80-72(59(119)49(109)34(12-90)130-80)142-75-45(86-28(6)101)57(117)69(40(18-96)133-75)140-79-63(123)71(52(112)36(14-92)129-79)146-83(127-22-98)9-31(104)24(2)65(145-83)48(108)33(106)11-89/h21-25,30-81,88-96,103-123H,8-20H2,1-7H3,(H,84,99)(H,85,100)(H,86,101)(H,87,102)/t23-,24-,25+,30+,31+,32+,33+,34?,35-,36?,37?,38?,39?,40-,41?,42?,43?,44?,45?,46?,47-,48-,49+,50+,51+,52+,53+,54-,55-,56-,57?,58+,59+,60?,61?,62?,63?,64?,65?,66+,67+,68+,69-,70+,71+,72?,73?,74+,75-,76+,77+,78+,79+,80-,81+,82+,83+/m1/s1. The topological polar surface area (TPSA) is 970 Å². The summed E-state index contributed by atoms with van der Waals surface area (Å²) in [5.41, 5.74) is 0.